The summed E-state index contributed by atoms with van der Waals surface area (Å²) in [5, 5.41) is 10.9. The van der Waals surface area contributed by atoms with E-state index in [2.05, 4.69) is 0 Å². The number of hydrogen-bond acceptors (Lipinski definition) is 4. The Morgan fingerprint density at radius 3 is 2.68 bits per heavy atom. The first-order valence-corrected chi connectivity index (χ1v) is 7.05. The minimum absolute atomic E-state index is 0.0193. The van der Waals surface area contributed by atoms with Gasteiger partial charge in [0, 0.05) is 30.1 Å². The maximum atomic E-state index is 11.7. The smallest absolute Gasteiger partial charge is 0.310 e. The molecule has 0 bridgehead atoms. The molecule has 0 amide bonds. The minimum atomic E-state index is -0.467. The maximum absolute atomic E-state index is 11.7. The third-order valence-corrected chi connectivity index (χ3v) is 3.30. The summed E-state index contributed by atoms with van der Waals surface area (Å²) in [6.07, 6.45) is 3.49. The second kappa shape index (κ2) is 6.89. The zero-order chi connectivity index (χ0) is 16.1. The van der Waals surface area contributed by atoms with Gasteiger partial charge in [0.1, 0.15) is 6.61 Å². The first-order chi connectivity index (χ1) is 10.5. The highest BCUT2D eigenvalue weighted by Crippen LogP contribution is 2.25. The average Bonchev–Trinajstić information content (AvgIpc) is 2.49. The molecule has 0 spiro atoms. The Labute approximate surface area is 128 Å². The van der Waals surface area contributed by atoms with Gasteiger partial charge >= 0.3 is 5.69 Å². The monoisotopic (exact) mass is 302 g/mol. The standard InChI is InChI=1S/C16H18N2O4/c1-12(2)13-11-17(8-7-15(13)19)9-10-22-16-6-4-3-5-14(16)18(20)21/h3-8,11-12H,9-10H2,1-2H3. The molecule has 0 fully saturated rings. The number of benzene rings is 1. The van der Waals surface area contributed by atoms with Crippen LogP contribution in [0.2, 0.25) is 0 Å². The molecular formula is C16H18N2O4. The summed E-state index contributed by atoms with van der Waals surface area (Å²) in [5.41, 5.74) is 0.712. The average molecular weight is 302 g/mol. The number of rotatable bonds is 6. The molecule has 0 radical (unpaired) electrons. The fourth-order valence-corrected chi connectivity index (χ4v) is 2.11. The van der Waals surface area contributed by atoms with Gasteiger partial charge in [-0.25, -0.2) is 0 Å². The van der Waals surface area contributed by atoms with Crippen LogP contribution in [0.3, 0.4) is 0 Å². The molecule has 0 atom stereocenters. The van der Waals surface area contributed by atoms with Crippen molar-refractivity contribution < 1.29 is 9.66 Å². The van der Waals surface area contributed by atoms with Crippen molar-refractivity contribution >= 4 is 5.69 Å². The van der Waals surface area contributed by atoms with E-state index >= 15 is 0 Å². The zero-order valence-corrected chi connectivity index (χ0v) is 12.6. The molecule has 0 aliphatic carbocycles. The summed E-state index contributed by atoms with van der Waals surface area (Å²) in [4.78, 5) is 22.1. The molecular weight excluding hydrogens is 284 g/mol. The normalized spacial score (nSPS) is 10.7. The van der Waals surface area contributed by atoms with Crippen LogP contribution < -0.4 is 10.2 Å². The second-order valence-electron chi connectivity index (χ2n) is 5.23. The van der Waals surface area contributed by atoms with Gasteiger partial charge in [0.25, 0.3) is 0 Å². The number of nitro benzene ring substituents is 1. The quantitative estimate of drug-likeness (QED) is 0.607. The molecule has 22 heavy (non-hydrogen) atoms. The summed E-state index contributed by atoms with van der Waals surface area (Å²) in [6, 6.07) is 7.80. The van der Waals surface area contributed by atoms with Crippen molar-refractivity contribution in [2.24, 2.45) is 0 Å². The first-order valence-electron chi connectivity index (χ1n) is 7.05. The Hall–Kier alpha value is -2.63. The number of ether oxygens (including phenoxy) is 1. The molecule has 2 aromatic rings. The lowest BCUT2D eigenvalue weighted by molar-refractivity contribution is -0.385. The van der Waals surface area contributed by atoms with Crippen molar-refractivity contribution in [2.75, 3.05) is 6.61 Å². The van der Waals surface area contributed by atoms with E-state index < -0.39 is 4.92 Å². The molecule has 1 aromatic carbocycles. The Kier molecular flexibility index (Phi) is 4.93. The summed E-state index contributed by atoms with van der Waals surface area (Å²) in [6.45, 7) is 4.72. The molecule has 0 aliphatic heterocycles. The van der Waals surface area contributed by atoms with E-state index in [4.69, 9.17) is 4.74 Å². The highest BCUT2D eigenvalue weighted by molar-refractivity contribution is 5.45. The van der Waals surface area contributed by atoms with Gasteiger partial charge in [0.2, 0.25) is 0 Å². The molecule has 6 heteroatoms. The Morgan fingerprint density at radius 1 is 1.27 bits per heavy atom. The van der Waals surface area contributed by atoms with Gasteiger partial charge in [0.15, 0.2) is 11.2 Å². The maximum Gasteiger partial charge on any atom is 0.310 e. The number of aromatic nitrogens is 1. The fraction of sp³-hybridized carbons (Fsp3) is 0.312. The van der Waals surface area contributed by atoms with Gasteiger partial charge in [-0.1, -0.05) is 26.0 Å². The molecule has 0 saturated carbocycles. The van der Waals surface area contributed by atoms with Gasteiger partial charge in [-0.05, 0) is 12.0 Å². The molecule has 0 N–H and O–H groups in total. The van der Waals surface area contributed by atoms with Gasteiger partial charge < -0.3 is 9.30 Å². The predicted octanol–water partition coefficient (Wildman–Crippen LogP) is 2.96. The summed E-state index contributed by atoms with van der Waals surface area (Å²) in [5.74, 6) is 0.397. The van der Waals surface area contributed by atoms with Crippen molar-refractivity contribution in [3.63, 3.8) is 0 Å². The Bertz CT molecular complexity index is 722. The highest BCUT2D eigenvalue weighted by atomic mass is 16.6. The molecule has 1 aromatic heterocycles. The fourth-order valence-electron chi connectivity index (χ4n) is 2.11. The summed E-state index contributed by atoms with van der Waals surface area (Å²) >= 11 is 0. The van der Waals surface area contributed by atoms with Crippen LogP contribution in [0, 0.1) is 10.1 Å². The van der Waals surface area contributed by atoms with E-state index in [1.807, 2.05) is 18.4 Å². The largest absolute Gasteiger partial charge is 0.485 e. The van der Waals surface area contributed by atoms with Crippen LogP contribution in [0.5, 0.6) is 5.75 Å². The SMILES string of the molecule is CC(C)c1cn(CCOc2ccccc2[N+](=O)[O-])ccc1=O. The number of nitro groups is 1. The lowest BCUT2D eigenvalue weighted by Crippen LogP contribution is -2.15. The second-order valence-corrected chi connectivity index (χ2v) is 5.23. The van der Waals surface area contributed by atoms with Crippen molar-refractivity contribution in [3.05, 3.63) is 68.6 Å². The van der Waals surface area contributed by atoms with Crippen molar-refractivity contribution in [3.8, 4) is 5.75 Å². The first kappa shape index (κ1) is 15.8. The molecule has 0 unspecified atom stereocenters. The van der Waals surface area contributed by atoms with E-state index in [1.54, 1.807) is 30.6 Å². The molecule has 116 valence electrons. The Morgan fingerprint density at radius 2 is 2.00 bits per heavy atom. The van der Waals surface area contributed by atoms with Crippen molar-refractivity contribution in [2.45, 2.75) is 26.3 Å². The van der Waals surface area contributed by atoms with Crippen LogP contribution in [-0.4, -0.2) is 16.1 Å². The minimum Gasteiger partial charge on any atom is -0.485 e. The van der Waals surface area contributed by atoms with Crippen molar-refractivity contribution in [1.82, 2.24) is 4.57 Å². The third-order valence-electron chi connectivity index (χ3n) is 3.30. The van der Waals surface area contributed by atoms with Gasteiger partial charge in [0.05, 0.1) is 11.5 Å². The third kappa shape index (κ3) is 3.72. The van der Waals surface area contributed by atoms with Gasteiger partial charge in [-0.3, -0.25) is 14.9 Å². The predicted molar refractivity (Wildman–Crippen MR) is 83.4 cm³/mol. The lowest BCUT2D eigenvalue weighted by atomic mass is 10.1. The topological polar surface area (TPSA) is 74.4 Å². The number of nitrogens with zero attached hydrogens (tertiary/aromatic N) is 2. The number of hydrogen-bond donors (Lipinski definition) is 0. The van der Waals surface area contributed by atoms with Crippen LogP contribution in [0.4, 0.5) is 5.69 Å². The molecule has 0 saturated heterocycles. The van der Waals surface area contributed by atoms with Gasteiger partial charge in [-0.15, -0.1) is 0 Å². The van der Waals surface area contributed by atoms with E-state index in [9.17, 15) is 14.9 Å². The number of para-hydroxylation sites is 2. The van der Waals surface area contributed by atoms with E-state index in [-0.39, 0.29) is 29.4 Å². The van der Waals surface area contributed by atoms with Crippen LogP contribution >= 0.6 is 0 Å². The van der Waals surface area contributed by atoms with Crippen LogP contribution in [0.1, 0.15) is 25.3 Å². The van der Waals surface area contributed by atoms with Gasteiger partial charge in [-0.2, -0.15) is 0 Å². The van der Waals surface area contributed by atoms with E-state index in [1.165, 1.54) is 12.1 Å². The lowest BCUT2D eigenvalue weighted by Gasteiger charge is -2.11. The van der Waals surface area contributed by atoms with Crippen LogP contribution in [0.25, 0.3) is 0 Å². The van der Waals surface area contributed by atoms with Crippen LogP contribution in [-0.2, 0) is 6.54 Å². The summed E-state index contributed by atoms with van der Waals surface area (Å²) in [7, 11) is 0. The van der Waals surface area contributed by atoms with E-state index in [0.29, 0.717) is 6.54 Å². The van der Waals surface area contributed by atoms with Crippen LogP contribution in [0.15, 0.2) is 47.5 Å². The summed E-state index contributed by atoms with van der Waals surface area (Å²) < 4.78 is 7.35. The highest BCUT2D eigenvalue weighted by Gasteiger charge is 2.13. The number of pyridine rings is 1. The molecule has 0 aliphatic rings. The zero-order valence-electron chi connectivity index (χ0n) is 12.6. The molecule has 1 heterocycles. The Balaban J connectivity index is 2.04. The molecule has 6 nitrogen and oxygen atoms in total. The van der Waals surface area contributed by atoms with Crippen molar-refractivity contribution in [1.29, 1.82) is 0 Å². The van der Waals surface area contributed by atoms with E-state index in [0.717, 1.165) is 5.56 Å². The molecule has 2 rings (SSSR count).